The van der Waals surface area contributed by atoms with Crippen molar-refractivity contribution >= 4 is 23.1 Å². The van der Waals surface area contributed by atoms with Crippen molar-refractivity contribution in [2.24, 2.45) is 4.99 Å². The highest BCUT2D eigenvalue weighted by atomic mass is 16.5. The Hall–Kier alpha value is -2.95. The average Bonchev–Trinajstić information content (AvgIpc) is 2.57. The largest absolute Gasteiger partial charge is 0.506 e. The number of ether oxygens (including phenoxy) is 1. The van der Waals surface area contributed by atoms with Crippen LogP contribution in [0.5, 0.6) is 0 Å². The number of hydrogen-bond donors (Lipinski definition) is 1. The third kappa shape index (κ3) is 4.26. The smallest absolute Gasteiger partial charge is 0.343 e. The van der Waals surface area contributed by atoms with Crippen LogP contribution in [0.25, 0.3) is 5.76 Å². The standard InChI is InChI=1S/C18H18N2O3/c1-3-23-18(22)16(17(21)14-8-5-4-6-9-14)13(2)20-15-10-7-11-19-12-15/h4-12,21H,3H2,1-2H3/b17-16-,20-13?. The van der Waals surface area contributed by atoms with Crippen LogP contribution in [0, 0.1) is 0 Å². The summed E-state index contributed by atoms with van der Waals surface area (Å²) in [6.07, 6.45) is 3.21. The molecular formula is C18H18N2O3. The van der Waals surface area contributed by atoms with Crippen LogP contribution in [-0.4, -0.2) is 28.4 Å². The lowest BCUT2D eigenvalue weighted by Crippen LogP contribution is -2.16. The van der Waals surface area contributed by atoms with Gasteiger partial charge in [0.2, 0.25) is 0 Å². The Labute approximate surface area is 135 Å². The maximum Gasteiger partial charge on any atom is 0.343 e. The fourth-order valence-electron chi connectivity index (χ4n) is 2.03. The van der Waals surface area contributed by atoms with E-state index in [1.807, 2.05) is 6.07 Å². The van der Waals surface area contributed by atoms with Gasteiger partial charge >= 0.3 is 5.97 Å². The molecular weight excluding hydrogens is 292 g/mol. The van der Waals surface area contributed by atoms with Gasteiger partial charge in [-0.25, -0.2) is 4.79 Å². The minimum Gasteiger partial charge on any atom is -0.506 e. The number of carbonyl (C=O) groups excluding carboxylic acids is 1. The van der Waals surface area contributed by atoms with Crippen LogP contribution in [0.1, 0.15) is 19.4 Å². The monoisotopic (exact) mass is 310 g/mol. The van der Waals surface area contributed by atoms with E-state index in [2.05, 4.69) is 9.98 Å². The highest BCUT2D eigenvalue weighted by Gasteiger charge is 2.21. The number of aromatic nitrogens is 1. The van der Waals surface area contributed by atoms with Crippen LogP contribution in [0.4, 0.5) is 5.69 Å². The molecule has 1 aromatic heterocycles. The number of benzene rings is 1. The van der Waals surface area contributed by atoms with Gasteiger partial charge in [0.25, 0.3) is 0 Å². The third-order valence-electron chi connectivity index (χ3n) is 3.07. The molecule has 0 fully saturated rings. The molecule has 5 heteroatoms. The number of aliphatic hydroxyl groups is 1. The van der Waals surface area contributed by atoms with Crippen LogP contribution in [-0.2, 0) is 9.53 Å². The van der Waals surface area contributed by atoms with Crippen molar-refractivity contribution < 1.29 is 14.6 Å². The first-order valence-electron chi connectivity index (χ1n) is 7.25. The molecule has 0 aliphatic carbocycles. The molecule has 0 atom stereocenters. The molecule has 0 radical (unpaired) electrons. The van der Waals surface area contributed by atoms with Crippen molar-refractivity contribution in [2.75, 3.05) is 6.61 Å². The molecule has 118 valence electrons. The van der Waals surface area contributed by atoms with Crippen LogP contribution in [0.3, 0.4) is 0 Å². The minimum atomic E-state index is -0.612. The van der Waals surface area contributed by atoms with Crippen LogP contribution < -0.4 is 0 Å². The lowest BCUT2D eigenvalue weighted by Gasteiger charge is -2.10. The Bertz CT molecular complexity index is 722. The summed E-state index contributed by atoms with van der Waals surface area (Å²) in [5.41, 5.74) is 1.52. The molecule has 1 N–H and O–H groups in total. The van der Waals surface area contributed by atoms with E-state index in [0.29, 0.717) is 17.0 Å². The number of carbonyl (C=O) groups is 1. The van der Waals surface area contributed by atoms with Crippen molar-refractivity contribution in [3.05, 3.63) is 66.0 Å². The first-order chi connectivity index (χ1) is 11.1. The van der Waals surface area contributed by atoms with Crippen molar-refractivity contribution in [1.82, 2.24) is 4.98 Å². The summed E-state index contributed by atoms with van der Waals surface area (Å²) in [6.45, 7) is 3.58. The molecule has 1 aromatic carbocycles. The highest BCUT2D eigenvalue weighted by molar-refractivity contribution is 6.23. The summed E-state index contributed by atoms with van der Waals surface area (Å²) >= 11 is 0. The fraction of sp³-hybridized carbons (Fsp3) is 0.167. The summed E-state index contributed by atoms with van der Waals surface area (Å²) in [7, 11) is 0. The molecule has 0 spiro atoms. The number of rotatable bonds is 5. The zero-order chi connectivity index (χ0) is 16.7. The number of aliphatic hydroxyl groups excluding tert-OH is 1. The van der Waals surface area contributed by atoms with Gasteiger partial charge in [-0.2, -0.15) is 0 Å². The number of hydrogen-bond acceptors (Lipinski definition) is 5. The van der Waals surface area contributed by atoms with Gasteiger partial charge in [0.05, 0.1) is 24.2 Å². The number of pyridine rings is 1. The number of esters is 1. The van der Waals surface area contributed by atoms with Gasteiger partial charge in [-0.05, 0) is 26.0 Å². The molecule has 0 unspecified atom stereocenters. The predicted molar refractivity (Wildman–Crippen MR) is 89.6 cm³/mol. The van der Waals surface area contributed by atoms with E-state index in [1.165, 1.54) is 0 Å². The molecule has 5 nitrogen and oxygen atoms in total. The van der Waals surface area contributed by atoms with Gasteiger partial charge in [-0.15, -0.1) is 0 Å². The number of aliphatic imine (C=N–C) groups is 1. The first-order valence-corrected chi connectivity index (χ1v) is 7.25. The summed E-state index contributed by atoms with van der Waals surface area (Å²) in [5, 5.41) is 10.5. The van der Waals surface area contributed by atoms with Gasteiger partial charge in [-0.3, -0.25) is 9.98 Å². The van der Waals surface area contributed by atoms with Gasteiger partial charge in [0.1, 0.15) is 11.3 Å². The maximum atomic E-state index is 12.3. The maximum absolute atomic E-state index is 12.3. The zero-order valence-corrected chi connectivity index (χ0v) is 13.1. The van der Waals surface area contributed by atoms with Gasteiger partial charge in [0, 0.05) is 11.8 Å². The topological polar surface area (TPSA) is 71.8 Å². The highest BCUT2D eigenvalue weighted by Crippen LogP contribution is 2.20. The van der Waals surface area contributed by atoms with Crippen molar-refractivity contribution in [3.8, 4) is 0 Å². The Morgan fingerprint density at radius 2 is 1.96 bits per heavy atom. The quantitative estimate of drug-likeness (QED) is 0.395. The van der Waals surface area contributed by atoms with Crippen molar-refractivity contribution in [1.29, 1.82) is 0 Å². The Morgan fingerprint density at radius 1 is 1.22 bits per heavy atom. The van der Waals surface area contributed by atoms with E-state index in [-0.39, 0.29) is 17.9 Å². The zero-order valence-electron chi connectivity index (χ0n) is 13.1. The Morgan fingerprint density at radius 3 is 2.57 bits per heavy atom. The minimum absolute atomic E-state index is 0.0434. The lowest BCUT2D eigenvalue weighted by molar-refractivity contribution is -0.137. The van der Waals surface area contributed by atoms with E-state index in [4.69, 9.17) is 4.74 Å². The van der Waals surface area contributed by atoms with Crippen molar-refractivity contribution in [3.63, 3.8) is 0 Å². The second kappa shape index (κ2) is 7.89. The molecule has 0 aliphatic rings. The summed E-state index contributed by atoms with van der Waals surface area (Å²) in [4.78, 5) is 20.6. The molecule has 0 saturated carbocycles. The lowest BCUT2D eigenvalue weighted by atomic mass is 10.0. The molecule has 23 heavy (non-hydrogen) atoms. The average molecular weight is 310 g/mol. The second-order valence-electron chi connectivity index (χ2n) is 4.72. The summed E-state index contributed by atoms with van der Waals surface area (Å²) < 4.78 is 5.05. The summed E-state index contributed by atoms with van der Waals surface area (Å²) in [6, 6.07) is 12.3. The van der Waals surface area contributed by atoms with Gasteiger partial charge in [-0.1, -0.05) is 30.3 Å². The molecule has 0 amide bonds. The molecule has 0 bridgehead atoms. The second-order valence-corrected chi connectivity index (χ2v) is 4.72. The van der Waals surface area contributed by atoms with Crippen molar-refractivity contribution in [2.45, 2.75) is 13.8 Å². The van der Waals surface area contributed by atoms with E-state index in [0.717, 1.165) is 0 Å². The summed E-state index contributed by atoms with van der Waals surface area (Å²) in [5.74, 6) is -0.770. The SMILES string of the molecule is CCOC(=O)/C(C(C)=Nc1cccnc1)=C(\O)c1ccccc1. The van der Waals surface area contributed by atoms with Gasteiger partial charge < -0.3 is 9.84 Å². The van der Waals surface area contributed by atoms with E-state index >= 15 is 0 Å². The molecule has 0 aliphatic heterocycles. The van der Waals surface area contributed by atoms with E-state index < -0.39 is 5.97 Å². The Balaban J connectivity index is 2.50. The molecule has 2 rings (SSSR count). The van der Waals surface area contributed by atoms with E-state index in [1.54, 1.807) is 62.6 Å². The number of nitrogens with zero attached hydrogens (tertiary/aromatic N) is 2. The Kier molecular flexibility index (Phi) is 5.63. The van der Waals surface area contributed by atoms with Crippen LogP contribution >= 0.6 is 0 Å². The third-order valence-corrected chi connectivity index (χ3v) is 3.07. The molecule has 1 heterocycles. The van der Waals surface area contributed by atoms with Crippen LogP contribution in [0.2, 0.25) is 0 Å². The predicted octanol–water partition coefficient (Wildman–Crippen LogP) is 3.71. The van der Waals surface area contributed by atoms with Gasteiger partial charge in [0.15, 0.2) is 0 Å². The van der Waals surface area contributed by atoms with Crippen LogP contribution in [0.15, 0.2) is 65.4 Å². The first kappa shape index (κ1) is 16.4. The normalized spacial score (nSPS) is 12.5. The fourth-order valence-corrected chi connectivity index (χ4v) is 2.03. The molecule has 0 saturated heterocycles. The van der Waals surface area contributed by atoms with E-state index in [9.17, 15) is 9.90 Å². The molecule has 2 aromatic rings.